The quantitative estimate of drug-likeness (QED) is 0.429. The summed E-state index contributed by atoms with van der Waals surface area (Å²) >= 11 is 0. The monoisotopic (exact) mass is 484 g/mol. The average Bonchev–Trinajstić information content (AvgIpc) is 3.00. The van der Waals surface area contributed by atoms with E-state index in [0.29, 0.717) is 43.3 Å². The first-order valence-corrected chi connectivity index (χ1v) is 13.0. The minimum Gasteiger partial charge on any atom is -0.515 e. The predicted molar refractivity (Wildman–Crippen MR) is 131 cm³/mol. The molecule has 0 radical (unpaired) electrons. The van der Waals surface area contributed by atoms with Crippen molar-refractivity contribution in [1.29, 1.82) is 0 Å². The van der Waals surface area contributed by atoms with Crippen molar-refractivity contribution >= 4 is 23.3 Å². The number of hydrogen-bond acceptors (Lipinski definition) is 6. The number of rotatable bonds is 4. The van der Waals surface area contributed by atoms with E-state index in [1.54, 1.807) is 0 Å². The summed E-state index contributed by atoms with van der Waals surface area (Å²) < 4.78 is 4.81. The van der Waals surface area contributed by atoms with Crippen molar-refractivity contribution < 1.29 is 29.0 Å². The van der Waals surface area contributed by atoms with Gasteiger partial charge in [0.05, 0.1) is 18.8 Å². The number of Topliss-reactive ketones (excluding diaryl/α,β-unsaturated/α-hetero) is 3. The first-order valence-electron chi connectivity index (χ1n) is 13.0. The molecule has 0 aromatic carbocycles. The highest BCUT2D eigenvalue weighted by molar-refractivity contribution is 6.06. The maximum absolute atomic E-state index is 14.1. The van der Waals surface area contributed by atoms with Crippen LogP contribution in [0.1, 0.15) is 86.5 Å². The SMILES string of the molecule is COC(=O)CC[C@@H](C)[C@H]1CC(=O)[C@@]2(C)C3=C(C(=O)CC12C)C1(C)CCC(=O)C(C)(C)C1C/C3=C\O. The fourth-order valence-corrected chi connectivity index (χ4v) is 8.51. The largest absolute Gasteiger partial charge is 0.515 e. The zero-order chi connectivity index (χ0) is 26.1. The molecule has 6 nitrogen and oxygen atoms in total. The lowest BCUT2D eigenvalue weighted by atomic mass is 9.42. The highest BCUT2D eigenvalue weighted by Crippen LogP contribution is 2.71. The molecule has 0 amide bonds. The first kappa shape index (κ1) is 25.8. The maximum Gasteiger partial charge on any atom is 0.305 e. The summed E-state index contributed by atoms with van der Waals surface area (Å²) in [6.07, 6.45) is 4.03. The van der Waals surface area contributed by atoms with E-state index in [-0.39, 0.29) is 53.9 Å². The van der Waals surface area contributed by atoms with Gasteiger partial charge in [-0.3, -0.25) is 19.2 Å². The van der Waals surface area contributed by atoms with Crippen LogP contribution >= 0.6 is 0 Å². The number of ether oxygens (including phenoxy) is 1. The van der Waals surface area contributed by atoms with Crippen LogP contribution < -0.4 is 0 Å². The zero-order valence-electron chi connectivity index (χ0n) is 22.2. The molecule has 4 rings (SSSR count). The molecule has 2 saturated carbocycles. The molecule has 1 N–H and O–H groups in total. The molecule has 6 heteroatoms. The standard InChI is InChI=1S/C29H40O6/c1-16(8-9-23(34)35-7)18-13-22(33)29(6)24-17(15-30)12-20-26(2,3)21(32)10-11-27(20,4)25(24)19(31)14-28(18,29)5/h15-16,18,20,30H,8-14H2,1-7H3/b17-15+/t16-,18-,20?,27?,28?,29+/m1/s1. The molecular weight excluding hydrogens is 444 g/mol. The Bertz CT molecular complexity index is 1060. The van der Waals surface area contributed by atoms with Crippen molar-refractivity contribution in [3.05, 3.63) is 23.0 Å². The van der Waals surface area contributed by atoms with E-state index in [1.807, 2.05) is 20.8 Å². The van der Waals surface area contributed by atoms with Crippen molar-refractivity contribution in [2.75, 3.05) is 7.11 Å². The Morgan fingerprint density at radius 3 is 2.34 bits per heavy atom. The molecule has 35 heavy (non-hydrogen) atoms. The normalized spacial score (nSPS) is 40.3. The van der Waals surface area contributed by atoms with E-state index in [4.69, 9.17) is 4.74 Å². The topological polar surface area (TPSA) is 97.7 Å². The maximum atomic E-state index is 14.1. The molecule has 3 unspecified atom stereocenters. The number of carbonyl (C=O) groups excluding carboxylic acids is 4. The van der Waals surface area contributed by atoms with Gasteiger partial charge in [-0.2, -0.15) is 0 Å². The van der Waals surface area contributed by atoms with Crippen LogP contribution in [0.2, 0.25) is 0 Å². The van der Waals surface area contributed by atoms with Gasteiger partial charge >= 0.3 is 5.97 Å². The molecule has 0 saturated heterocycles. The zero-order valence-corrected chi connectivity index (χ0v) is 22.2. The molecule has 0 spiro atoms. The molecule has 0 heterocycles. The third-order valence-electron chi connectivity index (χ3n) is 10.9. The van der Waals surface area contributed by atoms with Gasteiger partial charge in [-0.1, -0.05) is 34.6 Å². The van der Waals surface area contributed by atoms with Crippen molar-refractivity contribution in [2.24, 2.45) is 39.4 Å². The average molecular weight is 485 g/mol. The smallest absolute Gasteiger partial charge is 0.305 e. The summed E-state index contributed by atoms with van der Waals surface area (Å²) in [5, 5.41) is 10.4. The van der Waals surface area contributed by atoms with Crippen LogP contribution in [0.4, 0.5) is 0 Å². The Morgan fingerprint density at radius 2 is 1.74 bits per heavy atom. The first-order chi connectivity index (χ1) is 16.2. The number of methoxy groups -OCH3 is 1. The van der Waals surface area contributed by atoms with E-state index < -0.39 is 21.7 Å². The second-order valence-electron chi connectivity index (χ2n) is 12.7. The molecule has 192 valence electrons. The molecule has 0 aliphatic heterocycles. The highest BCUT2D eigenvalue weighted by atomic mass is 16.5. The van der Waals surface area contributed by atoms with Gasteiger partial charge in [0, 0.05) is 42.1 Å². The molecule has 6 atom stereocenters. The highest BCUT2D eigenvalue weighted by Gasteiger charge is 2.69. The number of carbonyl (C=O) groups is 4. The van der Waals surface area contributed by atoms with Gasteiger partial charge < -0.3 is 9.84 Å². The van der Waals surface area contributed by atoms with Gasteiger partial charge in [-0.25, -0.2) is 0 Å². The van der Waals surface area contributed by atoms with E-state index in [9.17, 15) is 24.3 Å². The van der Waals surface area contributed by atoms with Crippen LogP contribution in [0.3, 0.4) is 0 Å². The van der Waals surface area contributed by atoms with E-state index in [2.05, 4.69) is 20.8 Å². The molecule has 2 fully saturated rings. The van der Waals surface area contributed by atoms with Crippen LogP contribution in [0.5, 0.6) is 0 Å². The lowest BCUT2D eigenvalue weighted by Gasteiger charge is -2.59. The Balaban J connectivity index is 1.86. The summed E-state index contributed by atoms with van der Waals surface area (Å²) in [6.45, 7) is 12.1. The van der Waals surface area contributed by atoms with Gasteiger partial charge in [0.2, 0.25) is 0 Å². The van der Waals surface area contributed by atoms with Crippen molar-refractivity contribution in [3.63, 3.8) is 0 Å². The lowest BCUT2D eigenvalue weighted by Crippen LogP contribution is -2.57. The fraction of sp³-hybridized carbons (Fsp3) is 0.724. The molecule has 0 aromatic rings. The minimum absolute atomic E-state index is 0.0385. The number of allylic oxidation sites excluding steroid dienone is 3. The number of fused-ring (bicyclic) bond motifs is 4. The fourth-order valence-electron chi connectivity index (χ4n) is 8.51. The summed E-state index contributed by atoms with van der Waals surface area (Å²) in [6, 6.07) is 0. The number of aliphatic hydroxyl groups is 1. The van der Waals surface area contributed by atoms with Crippen molar-refractivity contribution in [1.82, 2.24) is 0 Å². The van der Waals surface area contributed by atoms with Gasteiger partial charge in [0.1, 0.15) is 11.6 Å². The van der Waals surface area contributed by atoms with Gasteiger partial charge in [-0.15, -0.1) is 0 Å². The number of ketones is 3. The third-order valence-corrected chi connectivity index (χ3v) is 10.9. The molecule has 0 aromatic heterocycles. The van der Waals surface area contributed by atoms with Crippen LogP contribution in [0, 0.1) is 39.4 Å². The van der Waals surface area contributed by atoms with Crippen molar-refractivity contribution in [3.8, 4) is 0 Å². The number of hydrogen-bond donors (Lipinski definition) is 1. The van der Waals surface area contributed by atoms with E-state index in [1.165, 1.54) is 7.11 Å². The molecule has 4 aliphatic rings. The van der Waals surface area contributed by atoms with Gasteiger partial charge in [-0.05, 0) is 60.5 Å². The van der Waals surface area contributed by atoms with Crippen LogP contribution in [-0.4, -0.2) is 35.5 Å². The minimum atomic E-state index is -0.908. The van der Waals surface area contributed by atoms with E-state index >= 15 is 0 Å². The second-order valence-corrected chi connectivity index (χ2v) is 12.7. The lowest BCUT2D eigenvalue weighted by molar-refractivity contribution is -0.142. The predicted octanol–water partition coefficient (Wildman–Crippen LogP) is 5.30. The van der Waals surface area contributed by atoms with Crippen LogP contribution in [0.25, 0.3) is 0 Å². The van der Waals surface area contributed by atoms with Crippen molar-refractivity contribution in [2.45, 2.75) is 86.5 Å². The van der Waals surface area contributed by atoms with Gasteiger partial charge in [0.25, 0.3) is 0 Å². The number of esters is 1. The second kappa shape index (κ2) is 8.14. The Hall–Kier alpha value is -2.24. The van der Waals surface area contributed by atoms with Crippen LogP contribution in [0.15, 0.2) is 23.0 Å². The summed E-state index contributed by atoms with van der Waals surface area (Å²) in [7, 11) is 1.37. The Morgan fingerprint density at radius 1 is 1.09 bits per heavy atom. The van der Waals surface area contributed by atoms with Crippen LogP contribution in [-0.2, 0) is 23.9 Å². The summed E-state index contributed by atoms with van der Waals surface area (Å²) in [5.74, 6) is -0.0605. The Kier molecular flexibility index (Phi) is 6.01. The summed E-state index contributed by atoms with van der Waals surface area (Å²) in [4.78, 5) is 52.6. The molecule has 0 bridgehead atoms. The summed E-state index contributed by atoms with van der Waals surface area (Å²) in [5.41, 5.74) is -0.645. The number of aliphatic hydroxyl groups excluding tert-OH is 1. The molecule has 4 aliphatic carbocycles. The van der Waals surface area contributed by atoms with E-state index in [0.717, 1.165) is 11.8 Å². The van der Waals surface area contributed by atoms with Gasteiger partial charge in [0.15, 0.2) is 5.78 Å². The Labute approximate surface area is 208 Å². The third kappa shape index (κ3) is 3.27. The molecular formula is C29H40O6.